The molecule has 1 rings (SSSR count). The minimum atomic E-state index is -1.63. The van der Waals surface area contributed by atoms with E-state index in [1.807, 2.05) is 0 Å². The smallest absolute Gasteiger partial charge is 0.0869 e. The number of hydrogen-bond donors (Lipinski definition) is 1. The maximum Gasteiger partial charge on any atom is 0.0869 e. The molecular weight excluding hydrogens is 280 g/mol. The van der Waals surface area contributed by atoms with Crippen LogP contribution in [0.2, 0.25) is 41.8 Å². The van der Waals surface area contributed by atoms with Crippen LogP contribution < -0.4 is 0 Å². The molecule has 1 aliphatic rings. The van der Waals surface area contributed by atoms with Crippen LogP contribution in [0.4, 0.5) is 0 Å². The molecule has 4 heteroatoms. The molecule has 0 aromatic rings. The predicted molar refractivity (Wildman–Crippen MR) is 93.9 cm³/mol. The molecule has 1 aliphatic heterocycles. The zero-order chi connectivity index (χ0) is 16.1. The van der Waals surface area contributed by atoms with Crippen molar-refractivity contribution in [2.45, 2.75) is 95.2 Å². The van der Waals surface area contributed by atoms with Crippen LogP contribution in [0, 0.1) is 0 Å². The van der Waals surface area contributed by atoms with Crippen LogP contribution in [0.5, 0.6) is 0 Å². The summed E-state index contributed by atoms with van der Waals surface area (Å²) in [4.78, 5) is 0. The van der Waals surface area contributed by atoms with Gasteiger partial charge in [0.25, 0.3) is 0 Å². The normalized spacial score (nSPS) is 29.9. The lowest BCUT2D eigenvalue weighted by atomic mass is 10.2. The Bertz CT molecular complexity index is 350. The average Bonchev–Trinajstić information content (AvgIpc) is 2.57. The van der Waals surface area contributed by atoms with Gasteiger partial charge in [0.15, 0.2) is 0 Å². The van der Waals surface area contributed by atoms with Gasteiger partial charge in [0.05, 0.1) is 34.6 Å². The summed E-state index contributed by atoms with van der Waals surface area (Å²) in [7, 11) is -3.24. The van der Waals surface area contributed by atoms with E-state index in [2.05, 4.69) is 67.7 Å². The number of aliphatic hydroxyl groups excluding tert-OH is 1. The summed E-state index contributed by atoms with van der Waals surface area (Å²) in [6.07, 6.45) is -0.269. The third-order valence-corrected chi connectivity index (χ3v) is 19.0. The summed E-state index contributed by atoms with van der Waals surface area (Å²) >= 11 is 0. The second-order valence-electron chi connectivity index (χ2n) is 9.79. The van der Waals surface area contributed by atoms with Gasteiger partial charge in [0.1, 0.15) is 0 Å². The van der Waals surface area contributed by atoms with Crippen LogP contribution >= 0.6 is 0 Å². The Kier molecular flexibility index (Phi) is 4.80. The topological polar surface area (TPSA) is 29.5 Å². The van der Waals surface area contributed by atoms with Crippen molar-refractivity contribution in [1.29, 1.82) is 0 Å². The number of hydrogen-bond acceptors (Lipinski definition) is 2. The molecule has 0 aliphatic carbocycles. The molecule has 0 bridgehead atoms. The third-order valence-electron chi connectivity index (χ3n) is 6.60. The fourth-order valence-corrected chi connectivity index (χ4v) is 11.0. The summed E-state index contributed by atoms with van der Waals surface area (Å²) < 4.78 is 6.20. The summed E-state index contributed by atoms with van der Waals surface area (Å²) in [6.45, 7) is 24.3. The molecular formula is C16H36O2Si2. The Balaban J connectivity index is 3.23. The van der Waals surface area contributed by atoms with Gasteiger partial charge in [-0.15, -0.1) is 0 Å². The lowest BCUT2D eigenvalue weighted by Crippen LogP contribution is -2.58. The molecule has 1 saturated heterocycles. The first kappa shape index (κ1) is 18.4. The van der Waals surface area contributed by atoms with Crippen molar-refractivity contribution in [3.63, 3.8) is 0 Å². The van der Waals surface area contributed by atoms with E-state index in [4.69, 9.17) is 4.74 Å². The highest BCUT2D eigenvalue weighted by molar-refractivity contribution is 6.87. The summed E-state index contributed by atoms with van der Waals surface area (Å²) in [6, 6.07) is 0. The van der Waals surface area contributed by atoms with Crippen LogP contribution in [-0.4, -0.2) is 39.7 Å². The molecule has 20 heavy (non-hydrogen) atoms. The van der Waals surface area contributed by atoms with Gasteiger partial charge in [-0.05, 0) is 10.1 Å². The van der Waals surface area contributed by atoms with Crippen molar-refractivity contribution < 1.29 is 9.84 Å². The Morgan fingerprint density at radius 3 is 1.60 bits per heavy atom. The Morgan fingerprint density at radius 1 is 0.850 bits per heavy atom. The fourth-order valence-electron chi connectivity index (χ4n) is 3.05. The summed E-state index contributed by atoms with van der Waals surface area (Å²) in [5.41, 5.74) is 0.654. The van der Waals surface area contributed by atoms with Gasteiger partial charge in [-0.1, -0.05) is 67.7 Å². The maximum atomic E-state index is 10.6. The van der Waals surface area contributed by atoms with Crippen molar-refractivity contribution in [3.05, 3.63) is 0 Å². The largest absolute Gasteiger partial charge is 0.391 e. The van der Waals surface area contributed by atoms with Crippen molar-refractivity contribution in [3.8, 4) is 0 Å². The lowest BCUT2D eigenvalue weighted by Gasteiger charge is -2.50. The molecule has 0 spiro atoms. The molecule has 0 radical (unpaired) electrons. The first-order chi connectivity index (χ1) is 8.64. The van der Waals surface area contributed by atoms with E-state index in [0.29, 0.717) is 22.9 Å². The minimum Gasteiger partial charge on any atom is -0.391 e. The van der Waals surface area contributed by atoms with Gasteiger partial charge in [0, 0.05) is 5.54 Å². The highest BCUT2D eigenvalue weighted by Gasteiger charge is 2.58. The number of rotatable bonds is 2. The highest BCUT2D eigenvalue weighted by Crippen LogP contribution is 2.54. The quantitative estimate of drug-likeness (QED) is 0.750. The van der Waals surface area contributed by atoms with Gasteiger partial charge < -0.3 is 9.84 Å². The summed E-state index contributed by atoms with van der Waals surface area (Å²) in [5.74, 6) is 0. The van der Waals surface area contributed by atoms with E-state index in [0.717, 1.165) is 0 Å². The predicted octanol–water partition coefficient (Wildman–Crippen LogP) is 4.67. The van der Waals surface area contributed by atoms with Crippen LogP contribution in [0.25, 0.3) is 0 Å². The molecule has 1 N–H and O–H groups in total. The van der Waals surface area contributed by atoms with Gasteiger partial charge in [-0.2, -0.15) is 0 Å². The Morgan fingerprint density at radius 2 is 1.25 bits per heavy atom. The van der Waals surface area contributed by atoms with Gasteiger partial charge in [-0.25, -0.2) is 0 Å². The molecule has 1 heterocycles. The molecule has 3 atom stereocenters. The van der Waals surface area contributed by atoms with Gasteiger partial charge >= 0.3 is 0 Å². The van der Waals surface area contributed by atoms with Crippen LogP contribution in [0.15, 0.2) is 0 Å². The first-order valence-corrected chi connectivity index (χ1v) is 14.1. The van der Waals surface area contributed by atoms with Crippen LogP contribution in [-0.2, 0) is 4.74 Å². The van der Waals surface area contributed by atoms with E-state index in [-0.39, 0.29) is 11.1 Å². The number of ether oxygens (including phenoxy) is 1. The summed E-state index contributed by atoms with van der Waals surface area (Å²) in [5, 5.41) is 11.2. The van der Waals surface area contributed by atoms with Gasteiger partial charge in [0.2, 0.25) is 0 Å². The monoisotopic (exact) mass is 316 g/mol. The van der Waals surface area contributed by atoms with Crippen molar-refractivity contribution in [1.82, 2.24) is 0 Å². The van der Waals surface area contributed by atoms with E-state index >= 15 is 0 Å². The highest BCUT2D eigenvalue weighted by atomic mass is 28.3. The zero-order valence-electron chi connectivity index (χ0n) is 15.3. The minimum absolute atomic E-state index is 0.269. The van der Waals surface area contributed by atoms with E-state index in [1.165, 1.54) is 0 Å². The van der Waals surface area contributed by atoms with E-state index in [1.54, 1.807) is 0 Å². The Hall–Kier alpha value is 0.354. The second-order valence-corrected chi connectivity index (χ2v) is 20.9. The SMILES string of the molecule is CC(C)(C)[Si](C)(C)[C@@H]1[C@@H](O)CO[C@@H]1[Si](C)(C)C(C)(C)C. The van der Waals surface area contributed by atoms with E-state index < -0.39 is 16.1 Å². The molecule has 120 valence electrons. The average molecular weight is 317 g/mol. The molecule has 1 fully saturated rings. The van der Waals surface area contributed by atoms with Crippen molar-refractivity contribution in [2.24, 2.45) is 0 Å². The van der Waals surface area contributed by atoms with Crippen molar-refractivity contribution >= 4 is 16.1 Å². The van der Waals surface area contributed by atoms with Crippen LogP contribution in [0.1, 0.15) is 41.5 Å². The standard InChI is InChI=1S/C16H36O2Si2/c1-15(2,3)19(7,8)13-12(17)11-18-14(13)20(9,10)16(4,5)6/h12-14,17H,11H2,1-10H3/t12-,13+,14+/m0/s1. The second kappa shape index (κ2) is 5.22. The third kappa shape index (κ3) is 2.94. The van der Waals surface area contributed by atoms with Crippen molar-refractivity contribution in [2.75, 3.05) is 6.61 Å². The lowest BCUT2D eigenvalue weighted by molar-refractivity contribution is 0.113. The Labute approximate surface area is 128 Å². The molecule has 0 amide bonds. The molecule has 0 saturated carbocycles. The van der Waals surface area contributed by atoms with Gasteiger partial charge in [-0.3, -0.25) is 0 Å². The number of aliphatic hydroxyl groups is 1. The molecule has 0 aromatic carbocycles. The first-order valence-electron chi connectivity index (χ1n) is 7.93. The maximum absolute atomic E-state index is 10.6. The molecule has 2 nitrogen and oxygen atoms in total. The van der Waals surface area contributed by atoms with Crippen LogP contribution in [0.3, 0.4) is 0 Å². The fraction of sp³-hybridized carbons (Fsp3) is 1.00. The molecule has 0 aromatic heterocycles. The molecule has 0 unspecified atom stereocenters. The van der Waals surface area contributed by atoms with E-state index in [9.17, 15) is 5.11 Å². The zero-order valence-corrected chi connectivity index (χ0v) is 17.3.